The molecule has 0 aliphatic carbocycles. The van der Waals surface area contributed by atoms with Crippen LogP contribution in [-0.4, -0.2) is 34.7 Å². The summed E-state index contributed by atoms with van der Waals surface area (Å²) in [7, 11) is 1.85. The van der Waals surface area contributed by atoms with E-state index < -0.39 is 0 Å². The lowest BCUT2D eigenvalue weighted by atomic mass is 9.98. The molecule has 26 heavy (non-hydrogen) atoms. The molecule has 1 aromatic heterocycles. The van der Waals surface area contributed by atoms with Crippen LogP contribution in [0.2, 0.25) is 5.02 Å². The highest BCUT2D eigenvalue weighted by Crippen LogP contribution is 2.34. The van der Waals surface area contributed by atoms with Crippen LogP contribution in [0.3, 0.4) is 0 Å². The van der Waals surface area contributed by atoms with Crippen LogP contribution >= 0.6 is 11.6 Å². The van der Waals surface area contributed by atoms with Crippen molar-refractivity contribution in [1.82, 2.24) is 9.78 Å². The van der Waals surface area contributed by atoms with Gasteiger partial charge in [0, 0.05) is 48.3 Å². The fourth-order valence-corrected chi connectivity index (χ4v) is 3.15. The van der Waals surface area contributed by atoms with E-state index in [-0.39, 0.29) is 43.2 Å². The van der Waals surface area contributed by atoms with Gasteiger partial charge in [-0.05, 0) is 30.7 Å². The Kier molecular flexibility index (Phi) is 6.06. The Balaban J connectivity index is 1.45. The summed E-state index contributed by atoms with van der Waals surface area (Å²) in [5.41, 5.74) is 1.53. The number of hydrogen-bond donors (Lipinski definition) is 0. The molecular weight excluding hydrogens is 356 g/mol. The highest BCUT2D eigenvalue weighted by atomic mass is 35.5. The molecule has 0 N–H and O–H groups in total. The Labute approximate surface area is 157 Å². The van der Waals surface area contributed by atoms with E-state index in [0.717, 1.165) is 12.0 Å². The Hall–Kier alpha value is -2.18. The van der Waals surface area contributed by atoms with E-state index in [1.165, 1.54) is 0 Å². The number of halogens is 1. The fraction of sp³-hybridized carbons (Fsp3) is 0.421. The zero-order valence-corrected chi connectivity index (χ0v) is 15.3. The predicted molar refractivity (Wildman–Crippen MR) is 96.0 cm³/mol. The normalized spacial score (nSPS) is 19.5. The van der Waals surface area contributed by atoms with E-state index in [0.29, 0.717) is 17.2 Å². The first-order chi connectivity index (χ1) is 12.5. The van der Waals surface area contributed by atoms with Gasteiger partial charge < -0.3 is 9.47 Å². The number of aryl methyl sites for hydroxylation is 1. The van der Waals surface area contributed by atoms with Gasteiger partial charge in [-0.3, -0.25) is 14.3 Å². The molecule has 1 aliphatic rings. The summed E-state index contributed by atoms with van der Waals surface area (Å²) in [4.78, 5) is 24.1. The van der Waals surface area contributed by atoms with Crippen molar-refractivity contribution in [2.45, 2.75) is 25.4 Å². The van der Waals surface area contributed by atoms with Crippen molar-refractivity contribution in [2.75, 3.05) is 13.2 Å². The molecule has 7 heteroatoms. The monoisotopic (exact) mass is 376 g/mol. The predicted octanol–water partition coefficient (Wildman–Crippen LogP) is 3.36. The summed E-state index contributed by atoms with van der Waals surface area (Å²) < 4.78 is 12.8. The maximum atomic E-state index is 12.1. The lowest BCUT2D eigenvalue weighted by Crippen LogP contribution is -2.17. The van der Waals surface area contributed by atoms with Gasteiger partial charge in [0.25, 0.3) is 0 Å². The van der Waals surface area contributed by atoms with E-state index in [1.54, 1.807) is 35.1 Å². The molecule has 0 bridgehead atoms. The minimum atomic E-state index is -0.371. The first kappa shape index (κ1) is 18.6. The van der Waals surface area contributed by atoms with Crippen LogP contribution in [0.15, 0.2) is 36.7 Å². The minimum absolute atomic E-state index is 0.0621. The van der Waals surface area contributed by atoms with E-state index >= 15 is 0 Å². The van der Waals surface area contributed by atoms with Crippen LogP contribution in [0.5, 0.6) is 0 Å². The number of ether oxygens (including phenoxy) is 2. The number of hydrogen-bond acceptors (Lipinski definition) is 5. The second kappa shape index (κ2) is 8.47. The third-order valence-electron chi connectivity index (χ3n) is 4.45. The molecule has 0 unspecified atom stereocenters. The number of carbonyl (C=O) groups excluding carboxylic acids is 2. The molecule has 0 spiro atoms. The van der Waals surface area contributed by atoms with Crippen molar-refractivity contribution in [3.8, 4) is 0 Å². The van der Waals surface area contributed by atoms with Crippen molar-refractivity contribution >= 4 is 23.4 Å². The van der Waals surface area contributed by atoms with Crippen LogP contribution in [0.25, 0.3) is 0 Å². The van der Waals surface area contributed by atoms with Crippen LogP contribution in [-0.2, 0) is 21.3 Å². The number of Topliss-reactive ketones (excluding diaryl/α,β-unsaturated/α-hetero) is 1. The Morgan fingerprint density at radius 2 is 2.08 bits per heavy atom. The van der Waals surface area contributed by atoms with Crippen LogP contribution in [0, 0.1) is 5.92 Å². The third kappa shape index (κ3) is 4.71. The maximum absolute atomic E-state index is 12.1. The van der Waals surface area contributed by atoms with E-state index in [4.69, 9.17) is 21.1 Å². The number of rotatable bonds is 7. The summed E-state index contributed by atoms with van der Waals surface area (Å²) >= 11 is 5.80. The molecule has 2 heterocycles. The topological polar surface area (TPSA) is 70.4 Å². The van der Waals surface area contributed by atoms with Crippen LogP contribution in [0.1, 0.15) is 41.3 Å². The zero-order valence-electron chi connectivity index (χ0n) is 14.6. The Morgan fingerprint density at radius 3 is 2.77 bits per heavy atom. The van der Waals surface area contributed by atoms with E-state index in [9.17, 15) is 9.59 Å². The Morgan fingerprint density at radius 1 is 1.31 bits per heavy atom. The van der Waals surface area contributed by atoms with Gasteiger partial charge in [0.15, 0.2) is 5.78 Å². The molecule has 1 aliphatic heterocycles. The highest BCUT2D eigenvalue weighted by Gasteiger charge is 2.31. The van der Waals surface area contributed by atoms with Gasteiger partial charge in [0.2, 0.25) is 0 Å². The molecule has 138 valence electrons. The van der Waals surface area contributed by atoms with Gasteiger partial charge in [-0.15, -0.1) is 0 Å². The standard InChI is InChI=1S/C19H21ClN2O4/c1-22-11-15(10-21-22)19-14(8-9-25-19)12-26-18(24)7-6-17(23)13-2-4-16(20)5-3-13/h2-5,10-11,14,19H,6-9,12H2,1H3/t14-,19+/m0/s1. The van der Waals surface area contributed by atoms with E-state index in [2.05, 4.69) is 5.10 Å². The lowest BCUT2D eigenvalue weighted by molar-refractivity contribution is -0.145. The largest absolute Gasteiger partial charge is 0.465 e. The van der Waals surface area contributed by atoms with Crippen molar-refractivity contribution in [3.05, 3.63) is 52.8 Å². The Bertz CT molecular complexity index is 772. The lowest BCUT2D eigenvalue weighted by Gasteiger charge is -2.17. The number of aromatic nitrogens is 2. The van der Waals surface area contributed by atoms with Crippen LogP contribution in [0.4, 0.5) is 0 Å². The average molecular weight is 377 g/mol. The number of ketones is 1. The van der Waals surface area contributed by atoms with Crippen molar-refractivity contribution in [3.63, 3.8) is 0 Å². The molecule has 1 saturated heterocycles. The zero-order chi connectivity index (χ0) is 18.5. The second-order valence-electron chi connectivity index (χ2n) is 6.40. The van der Waals surface area contributed by atoms with Gasteiger partial charge in [0.1, 0.15) is 0 Å². The molecule has 2 aromatic rings. The molecule has 1 fully saturated rings. The van der Waals surface area contributed by atoms with Gasteiger partial charge in [-0.1, -0.05) is 11.6 Å². The van der Waals surface area contributed by atoms with Gasteiger partial charge >= 0.3 is 5.97 Å². The first-order valence-corrected chi connectivity index (χ1v) is 8.95. The second-order valence-corrected chi connectivity index (χ2v) is 6.84. The molecule has 0 amide bonds. The number of benzene rings is 1. The first-order valence-electron chi connectivity index (χ1n) is 8.57. The summed E-state index contributed by atoms with van der Waals surface area (Å²) in [5.74, 6) is -0.365. The third-order valence-corrected chi connectivity index (χ3v) is 4.70. The minimum Gasteiger partial charge on any atom is -0.465 e. The molecule has 3 rings (SSSR count). The van der Waals surface area contributed by atoms with Crippen molar-refractivity contribution in [1.29, 1.82) is 0 Å². The quantitative estimate of drug-likeness (QED) is 0.547. The molecule has 1 aromatic carbocycles. The summed E-state index contributed by atoms with van der Waals surface area (Å²) in [6.45, 7) is 0.921. The summed E-state index contributed by atoms with van der Waals surface area (Å²) in [6, 6.07) is 6.63. The summed E-state index contributed by atoms with van der Waals surface area (Å²) in [6.07, 6.45) is 4.59. The van der Waals surface area contributed by atoms with Crippen molar-refractivity contribution in [2.24, 2.45) is 13.0 Å². The highest BCUT2D eigenvalue weighted by molar-refractivity contribution is 6.30. The average Bonchev–Trinajstić information content (AvgIpc) is 3.27. The molecule has 6 nitrogen and oxygen atoms in total. The van der Waals surface area contributed by atoms with Crippen molar-refractivity contribution < 1.29 is 19.1 Å². The molecule has 0 saturated carbocycles. The number of esters is 1. The number of carbonyl (C=O) groups is 2. The maximum Gasteiger partial charge on any atom is 0.306 e. The summed E-state index contributed by atoms with van der Waals surface area (Å²) in [5, 5.41) is 4.73. The smallest absolute Gasteiger partial charge is 0.306 e. The van der Waals surface area contributed by atoms with E-state index in [1.807, 2.05) is 13.2 Å². The molecule has 0 radical (unpaired) electrons. The SMILES string of the molecule is Cn1cc([C@@H]2OCC[C@H]2COC(=O)CCC(=O)c2ccc(Cl)cc2)cn1. The number of nitrogens with zero attached hydrogens (tertiary/aromatic N) is 2. The van der Waals surface area contributed by atoms with Gasteiger partial charge in [-0.25, -0.2) is 0 Å². The molecule has 2 atom stereocenters. The van der Waals surface area contributed by atoms with Gasteiger partial charge in [0.05, 0.1) is 25.3 Å². The van der Waals surface area contributed by atoms with Crippen LogP contribution < -0.4 is 0 Å². The fourth-order valence-electron chi connectivity index (χ4n) is 3.03. The van der Waals surface area contributed by atoms with Gasteiger partial charge in [-0.2, -0.15) is 5.10 Å². The molecular formula is C19H21ClN2O4.